The SMILES string of the molecule is O=C(CN/C(=C\c1cc(F)cc(F)c1)C1OCO1)c1ccccc1. The second-order valence-corrected chi connectivity index (χ2v) is 5.23. The highest BCUT2D eigenvalue weighted by atomic mass is 19.1. The molecule has 1 saturated heterocycles. The molecule has 0 atom stereocenters. The quantitative estimate of drug-likeness (QED) is 0.826. The van der Waals surface area contributed by atoms with E-state index in [-0.39, 0.29) is 19.1 Å². The fourth-order valence-electron chi connectivity index (χ4n) is 2.26. The molecule has 6 heteroatoms. The summed E-state index contributed by atoms with van der Waals surface area (Å²) in [7, 11) is 0. The van der Waals surface area contributed by atoms with Crippen LogP contribution in [0.3, 0.4) is 0 Å². The Kier molecular flexibility index (Phi) is 4.98. The number of Topliss-reactive ketones (excluding diaryl/α,β-unsaturated/α-hetero) is 1. The molecule has 1 heterocycles. The number of halogens is 2. The van der Waals surface area contributed by atoms with Gasteiger partial charge >= 0.3 is 0 Å². The zero-order chi connectivity index (χ0) is 16.9. The van der Waals surface area contributed by atoms with Gasteiger partial charge in [0.1, 0.15) is 11.6 Å². The smallest absolute Gasteiger partial charge is 0.203 e. The van der Waals surface area contributed by atoms with Crippen LogP contribution in [0.2, 0.25) is 0 Å². The van der Waals surface area contributed by atoms with Crippen molar-refractivity contribution in [1.29, 1.82) is 0 Å². The molecule has 124 valence electrons. The van der Waals surface area contributed by atoms with Gasteiger partial charge in [0.2, 0.25) is 6.29 Å². The lowest BCUT2D eigenvalue weighted by Crippen LogP contribution is -2.39. The van der Waals surface area contributed by atoms with E-state index in [1.165, 1.54) is 18.2 Å². The number of rotatable bonds is 6. The van der Waals surface area contributed by atoms with E-state index in [2.05, 4.69) is 5.32 Å². The van der Waals surface area contributed by atoms with Gasteiger partial charge in [0.25, 0.3) is 0 Å². The summed E-state index contributed by atoms with van der Waals surface area (Å²) in [6.45, 7) is 0.144. The van der Waals surface area contributed by atoms with Gasteiger partial charge in [-0.25, -0.2) is 8.78 Å². The summed E-state index contributed by atoms with van der Waals surface area (Å²) in [6.07, 6.45) is 0.814. The summed E-state index contributed by atoms with van der Waals surface area (Å²) in [5.74, 6) is -1.49. The highest BCUT2D eigenvalue weighted by molar-refractivity contribution is 5.97. The first-order valence-electron chi connectivity index (χ1n) is 7.35. The van der Waals surface area contributed by atoms with E-state index in [4.69, 9.17) is 9.47 Å². The molecule has 1 aliphatic heterocycles. The predicted octanol–water partition coefficient (Wildman–Crippen LogP) is 3.11. The average molecular weight is 331 g/mol. The Hall–Kier alpha value is -2.57. The van der Waals surface area contributed by atoms with E-state index in [0.29, 0.717) is 16.8 Å². The third kappa shape index (κ3) is 4.04. The van der Waals surface area contributed by atoms with Crippen LogP contribution in [-0.4, -0.2) is 25.4 Å². The largest absolute Gasteiger partial charge is 0.377 e. The molecular formula is C18H15F2NO3. The van der Waals surface area contributed by atoms with Crippen LogP contribution in [0.15, 0.2) is 54.2 Å². The highest BCUT2D eigenvalue weighted by Gasteiger charge is 2.24. The number of benzene rings is 2. The van der Waals surface area contributed by atoms with Crippen LogP contribution < -0.4 is 5.32 Å². The summed E-state index contributed by atoms with van der Waals surface area (Å²) in [5, 5.41) is 2.92. The van der Waals surface area contributed by atoms with E-state index in [1.807, 2.05) is 6.07 Å². The van der Waals surface area contributed by atoms with Gasteiger partial charge in [0, 0.05) is 11.6 Å². The molecule has 4 nitrogen and oxygen atoms in total. The van der Waals surface area contributed by atoms with Crippen LogP contribution in [0.1, 0.15) is 15.9 Å². The maximum absolute atomic E-state index is 13.3. The third-order valence-electron chi connectivity index (χ3n) is 3.45. The summed E-state index contributed by atoms with van der Waals surface area (Å²) in [6, 6.07) is 12.0. The van der Waals surface area contributed by atoms with Gasteiger partial charge in [0.15, 0.2) is 12.6 Å². The normalized spacial score (nSPS) is 15.0. The molecule has 0 aromatic heterocycles. The first-order chi connectivity index (χ1) is 11.6. The molecule has 0 radical (unpaired) electrons. The molecule has 1 N–H and O–H groups in total. The zero-order valence-corrected chi connectivity index (χ0v) is 12.7. The van der Waals surface area contributed by atoms with Crippen molar-refractivity contribution >= 4 is 11.9 Å². The van der Waals surface area contributed by atoms with E-state index in [0.717, 1.165) is 6.07 Å². The lowest BCUT2D eigenvalue weighted by atomic mass is 10.1. The molecule has 1 fully saturated rings. The monoisotopic (exact) mass is 331 g/mol. The van der Waals surface area contributed by atoms with Crippen molar-refractivity contribution in [3.05, 3.63) is 77.0 Å². The second-order valence-electron chi connectivity index (χ2n) is 5.23. The Morgan fingerprint density at radius 3 is 2.38 bits per heavy atom. The molecule has 0 aliphatic carbocycles. The van der Waals surface area contributed by atoms with Gasteiger partial charge in [-0.1, -0.05) is 30.3 Å². The first-order valence-corrected chi connectivity index (χ1v) is 7.35. The van der Waals surface area contributed by atoms with Crippen molar-refractivity contribution in [2.24, 2.45) is 0 Å². The van der Waals surface area contributed by atoms with Gasteiger partial charge in [-0.3, -0.25) is 4.79 Å². The fourth-order valence-corrected chi connectivity index (χ4v) is 2.26. The van der Waals surface area contributed by atoms with Gasteiger partial charge in [-0.15, -0.1) is 0 Å². The summed E-state index contributed by atoms with van der Waals surface area (Å²) >= 11 is 0. The van der Waals surface area contributed by atoms with Crippen molar-refractivity contribution in [2.75, 3.05) is 13.3 Å². The second kappa shape index (κ2) is 7.33. The predicted molar refractivity (Wildman–Crippen MR) is 83.9 cm³/mol. The van der Waals surface area contributed by atoms with E-state index in [1.54, 1.807) is 24.3 Å². The lowest BCUT2D eigenvalue weighted by molar-refractivity contribution is -0.302. The molecule has 0 amide bonds. The molecule has 0 unspecified atom stereocenters. The number of ether oxygens (including phenoxy) is 2. The summed E-state index contributed by atoms with van der Waals surface area (Å²) in [4.78, 5) is 12.1. The molecule has 0 spiro atoms. The molecule has 0 saturated carbocycles. The van der Waals surface area contributed by atoms with Crippen LogP contribution >= 0.6 is 0 Å². The number of ketones is 1. The first kappa shape index (κ1) is 16.3. The minimum atomic E-state index is -0.684. The van der Waals surface area contributed by atoms with Gasteiger partial charge in [0.05, 0.1) is 12.2 Å². The van der Waals surface area contributed by atoms with E-state index < -0.39 is 17.9 Å². The Morgan fingerprint density at radius 1 is 1.12 bits per heavy atom. The topological polar surface area (TPSA) is 47.6 Å². The Labute approximate surface area is 137 Å². The maximum atomic E-state index is 13.3. The van der Waals surface area contributed by atoms with Crippen molar-refractivity contribution < 1.29 is 23.0 Å². The van der Waals surface area contributed by atoms with E-state index in [9.17, 15) is 13.6 Å². The molecule has 1 aliphatic rings. The molecule has 2 aromatic carbocycles. The lowest BCUT2D eigenvalue weighted by Gasteiger charge is -2.29. The zero-order valence-electron chi connectivity index (χ0n) is 12.7. The minimum Gasteiger partial charge on any atom is -0.377 e. The van der Waals surface area contributed by atoms with Crippen molar-refractivity contribution in [1.82, 2.24) is 5.32 Å². The average Bonchev–Trinajstić information content (AvgIpc) is 2.50. The van der Waals surface area contributed by atoms with Crippen LogP contribution in [0, 0.1) is 11.6 Å². The van der Waals surface area contributed by atoms with Crippen LogP contribution in [0.25, 0.3) is 6.08 Å². The number of carbonyl (C=O) groups excluding carboxylic acids is 1. The number of carbonyl (C=O) groups is 1. The fraction of sp³-hybridized carbons (Fsp3) is 0.167. The van der Waals surface area contributed by atoms with Gasteiger partial charge < -0.3 is 14.8 Å². The van der Waals surface area contributed by atoms with Crippen molar-refractivity contribution in [3.63, 3.8) is 0 Å². The van der Waals surface area contributed by atoms with Crippen molar-refractivity contribution in [3.8, 4) is 0 Å². The van der Waals surface area contributed by atoms with Crippen LogP contribution in [0.4, 0.5) is 8.78 Å². The Balaban J connectivity index is 1.74. The maximum Gasteiger partial charge on any atom is 0.203 e. The Bertz CT molecular complexity index is 738. The highest BCUT2D eigenvalue weighted by Crippen LogP contribution is 2.19. The molecule has 0 bridgehead atoms. The number of hydrogen-bond donors (Lipinski definition) is 1. The summed E-state index contributed by atoms with van der Waals surface area (Å²) < 4.78 is 37.0. The Morgan fingerprint density at radius 2 is 1.79 bits per heavy atom. The van der Waals surface area contributed by atoms with Crippen LogP contribution in [-0.2, 0) is 9.47 Å². The summed E-state index contributed by atoms with van der Waals surface area (Å²) in [5.41, 5.74) is 1.30. The molecule has 24 heavy (non-hydrogen) atoms. The molecule has 3 rings (SSSR count). The van der Waals surface area contributed by atoms with Crippen LogP contribution in [0.5, 0.6) is 0 Å². The van der Waals surface area contributed by atoms with Gasteiger partial charge in [-0.2, -0.15) is 0 Å². The molecular weight excluding hydrogens is 316 g/mol. The van der Waals surface area contributed by atoms with Gasteiger partial charge in [-0.05, 0) is 23.8 Å². The minimum absolute atomic E-state index is 0.0108. The molecule has 2 aromatic rings. The van der Waals surface area contributed by atoms with E-state index >= 15 is 0 Å². The van der Waals surface area contributed by atoms with Crippen molar-refractivity contribution in [2.45, 2.75) is 6.29 Å². The third-order valence-corrected chi connectivity index (χ3v) is 3.45. The number of nitrogens with one attached hydrogen (secondary N) is 1. The number of hydrogen-bond acceptors (Lipinski definition) is 4. The standard InChI is InChI=1S/C18H15F2NO3/c19-14-6-12(7-15(20)9-14)8-16(18-23-11-24-18)21-10-17(22)13-4-2-1-3-5-13/h1-9,18,21H,10-11H2/b16-8-.